The number of carbonyl (C=O) groups excluding carboxylic acids is 2. The zero-order valence-corrected chi connectivity index (χ0v) is 11.1. The Labute approximate surface area is 110 Å². The van der Waals surface area contributed by atoms with Gasteiger partial charge in [-0.2, -0.15) is 4.21 Å². The molecule has 7 heteroatoms. The number of ketones is 1. The average Bonchev–Trinajstić information content (AvgIpc) is 2.08. The van der Waals surface area contributed by atoms with Crippen molar-refractivity contribution in [2.24, 2.45) is 0 Å². The van der Waals surface area contributed by atoms with Crippen LogP contribution in [0, 0.1) is 0 Å². The molecule has 0 amide bonds. The van der Waals surface area contributed by atoms with Crippen LogP contribution in [-0.2, 0) is 21.0 Å². The Kier molecular flexibility index (Phi) is 22.6. The maximum atomic E-state index is 10.5. The molecule has 1 fully saturated rings. The fraction of sp³-hybridized carbons (Fsp3) is 0.714. The number of hydrogen-bond donors (Lipinski definition) is 2. The summed E-state index contributed by atoms with van der Waals surface area (Å²) in [6.45, 7) is 2.00. The normalized spacial score (nSPS) is 14.1. The van der Waals surface area contributed by atoms with Gasteiger partial charge in [-0.3, -0.25) is 13.9 Å². The molecule has 0 bridgehead atoms. The zero-order valence-electron chi connectivity index (χ0n) is 9.27. The van der Waals surface area contributed by atoms with Gasteiger partial charge in [0, 0.05) is 12.8 Å². The Hall–Kier alpha value is 0.410. The number of hydrogen-bond acceptors (Lipinski definition) is 3. The van der Waals surface area contributed by atoms with Crippen molar-refractivity contribution >= 4 is 23.9 Å². The van der Waals surface area contributed by atoms with Crippen LogP contribution in [0.4, 0.5) is 0 Å². The largest absolute Gasteiger partial charge is 1.00 e. The molecule has 0 radical (unpaired) electrons. The molecule has 0 heterocycles. The monoisotopic (exact) mass is 234 g/mol. The summed E-state index contributed by atoms with van der Waals surface area (Å²) in [5.41, 5.74) is 0. The third kappa shape index (κ3) is 22.8. The van der Waals surface area contributed by atoms with E-state index in [1.807, 2.05) is 6.79 Å². The van der Waals surface area contributed by atoms with Crippen LogP contribution in [0.15, 0.2) is 0 Å². The molecule has 0 aromatic heterocycles. The van der Waals surface area contributed by atoms with Crippen molar-refractivity contribution in [1.82, 2.24) is 0 Å². The second kappa shape index (κ2) is 15.9. The first-order valence-electron chi connectivity index (χ1n) is 3.73. The molecule has 14 heavy (non-hydrogen) atoms. The fourth-order valence-electron chi connectivity index (χ4n) is 0.946. The van der Waals surface area contributed by atoms with Gasteiger partial charge in [0.05, 0.1) is 0 Å². The second-order valence-electron chi connectivity index (χ2n) is 2.33. The van der Waals surface area contributed by atoms with Gasteiger partial charge in [0.1, 0.15) is 12.6 Å². The van der Waals surface area contributed by atoms with E-state index in [1.165, 1.54) is 6.42 Å². The smallest absolute Gasteiger partial charge is 1.00 e. The molecule has 5 nitrogen and oxygen atoms in total. The molecule has 0 aromatic rings. The van der Waals surface area contributed by atoms with Crippen molar-refractivity contribution in [3.8, 4) is 0 Å². The molecule has 0 aliphatic heterocycles. The van der Waals surface area contributed by atoms with Gasteiger partial charge in [-0.1, -0.05) is 6.42 Å². The van der Waals surface area contributed by atoms with Gasteiger partial charge in [-0.15, -0.1) is 0 Å². The van der Waals surface area contributed by atoms with Crippen molar-refractivity contribution in [2.45, 2.75) is 32.1 Å². The van der Waals surface area contributed by atoms with Crippen LogP contribution >= 0.6 is 0 Å². The van der Waals surface area contributed by atoms with Gasteiger partial charge in [0.2, 0.25) is 0 Å². The van der Waals surface area contributed by atoms with E-state index in [0.29, 0.717) is 5.78 Å². The molecule has 1 rings (SSSR count). The first-order chi connectivity index (χ1) is 6.13. The van der Waals surface area contributed by atoms with Gasteiger partial charge in [-0.25, -0.2) is 0 Å². The molecule has 0 saturated heterocycles. The molecule has 80 valence electrons. The average molecular weight is 234 g/mol. The maximum Gasteiger partial charge on any atom is 1.00 e. The van der Waals surface area contributed by atoms with Crippen LogP contribution in [0.1, 0.15) is 33.5 Å². The maximum absolute atomic E-state index is 10.5. The molecule has 1 aliphatic carbocycles. The summed E-state index contributed by atoms with van der Waals surface area (Å²) in [5.74, 6) is 0.464. The Balaban J connectivity index is -0.0000000674. The van der Waals surface area contributed by atoms with Crippen LogP contribution in [0.25, 0.3) is 0 Å². The van der Waals surface area contributed by atoms with E-state index in [0.717, 1.165) is 25.7 Å². The third-order valence-corrected chi connectivity index (χ3v) is 1.41. The first kappa shape index (κ1) is 19.9. The van der Waals surface area contributed by atoms with E-state index in [4.69, 9.17) is 18.1 Å². The minimum atomic E-state index is -2.61. The van der Waals surface area contributed by atoms with Crippen molar-refractivity contribution < 1.29 is 53.9 Å². The van der Waals surface area contributed by atoms with Gasteiger partial charge in [-0.05, 0) is 12.8 Å². The molecule has 1 aliphatic rings. The summed E-state index contributed by atoms with van der Waals surface area (Å²) in [5, 5.41) is 0. The molecule has 0 spiro atoms. The molecule has 1 saturated carbocycles. The second-order valence-corrected chi connectivity index (χ2v) is 2.79. The molecule has 2 N–H and O–H groups in total. The molecular weight excluding hydrogens is 219 g/mol. The number of carbonyl (C=O) groups is 2. The summed E-state index contributed by atoms with van der Waals surface area (Å²) in [6.07, 6.45) is 5.24. The SMILES string of the molecule is C=O.O=C1CCCCC1.O=S(O)O.[H-].[Na+]. The quantitative estimate of drug-likeness (QED) is 0.378. The zero-order chi connectivity index (χ0) is 10.7. The predicted molar refractivity (Wildman–Crippen MR) is 49.7 cm³/mol. The van der Waals surface area contributed by atoms with Crippen LogP contribution in [0.5, 0.6) is 0 Å². The summed E-state index contributed by atoms with van der Waals surface area (Å²) in [6, 6.07) is 0. The van der Waals surface area contributed by atoms with E-state index in [-0.39, 0.29) is 31.0 Å². The molecular formula is C7H15NaO5S. The van der Waals surface area contributed by atoms with Gasteiger partial charge in [0.15, 0.2) is 0 Å². The topological polar surface area (TPSA) is 91.7 Å². The minimum Gasteiger partial charge on any atom is -1.00 e. The Morgan fingerprint density at radius 1 is 1.14 bits per heavy atom. The van der Waals surface area contributed by atoms with Gasteiger partial charge in [0.25, 0.3) is 11.4 Å². The standard InChI is InChI=1S/C6H10O.CH2O.Na.H2O3S.H/c7-6-4-2-1-3-5-6;1-2;;1-4(2)3;/h1-5H2;1H2;;(H2,1,2,3);/q;;+1;;-1. The van der Waals surface area contributed by atoms with Gasteiger partial charge >= 0.3 is 29.6 Å². The molecule has 0 unspecified atom stereocenters. The van der Waals surface area contributed by atoms with E-state index in [1.54, 1.807) is 0 Å². The van der Waals surface area contributed by atoms with Crippen molar-refractivity contribution in [1.29, 1.82) is 0 Å². The summed E-state index contributed by atoms with van der Waals surface area (Å²) >= 11 is -2.61. The summed E-state index contributed by atoms with van der Waals surface area (Å²) in [4.78, 5) is 18.5. The summed E-state index contributed by atoms with van der Waals surface area (Å²) in [7, 11) is 0. The first-order valence-corrected chi connectivity index (χ1v) is 4.80. The van der Waals surface area contributed by atoms with Crippen molar-refractivity contribution in [3.63, 3.8) is 0 Å². The third-order valence-electron chi connectivity index (χ3n) is 1.41. The number of Topliss-reactive ketones (excluding diaryl/α,β-unsaturated/α-hetero) is 1. The van der Waals surface area contributed by atoms with Crippen LogP contribution < -0.4 is 29.6 Å². The van der Waals surface area contributed by atoms with E-state index < -0.39 is 11.4 Å². The van der Waals surface area contributed by atoms with Crippen LogP contribution in [-0.4, -0.2) is 25.9 Å². The Morgan fingerprint density at radius 2 is 1.43 bits per heavy atom. The van der Waals surface area contributed by atoms with Crippen molar-refractivity contribution in [2.75, 3.05) is 0 Å². The van der Waals surface area contributed by atoms with E-state index in [9.17, 15) is 4.79 Å². The van der Waals surface area contributed by atoms with Crippen LogP contribution in [0.2, 0.25) is 0 Å². The van der Waals surface area contributed by atoms with Gasteiger partial charge < -0.3 is 6.22 Å². The van der Waals surface area contributed by atoms with Crippen molar-refractivity contribution in [3.05, 3.63) is 0 Å². The van der Waals surface area contributed by atoms with E-state index in [2.05, 4.69) is 0 Å². The Morgan fingerprint density at radius 3 is 1.57 bits per heavy atom. The number of rotatable bonds is 0. The fourth-order valence-corrected chi connectivity index (χ4v) is 0.946. The molecule has 0 aromatic carbocycles. The van der Waals surface area contributed by atoms with E-state index >= 15 is 0 Å². The predicted octanol–water partition coefficient (Wildman–Crippen LogP) is -1.87. The molecule has 0 atom stereocenters. The Bertz CT molecular complexity index is 157. The minimum absolute atomic E-state index is 0. The van der Waals surface area contributed by atoms with Crippen LogP contribution in [0.3, 0.4) is 0 Å². The summed E-state index contributed by atoms with van der Waals surface area (Å²) < 4.78 is 22.8.